The fourth-order valence-electron chi connectivity index (χ4n) is 1.97. The average Bonchev–Trinajstić information content (AvgIpc) is 2.26. The highest BCUT2D eigenvalue weighted by Crippen LogP contribution is 2.20. The van der Waals surface area contributed by atoms with E-state index in [1.165, 1.54) is 0 Å². The van der Waals surface area contributed by atoms with E-state index in [0.717, 1.165) is 38.7 Å². The molecule has 0 aromatic rings. The van der Waals surface area contributed by atoms with Gasteiger partial charge >= 0.3 is 5.97 Å². The molecule has 0 bridgehead atoms. The topological polar surface area (TPSA) is 55.8 Å². The van der Waals surface area contributed by atoms with Crippen molar-refractivity contribution in [3.8, 4) is 0 Å². The van der Waals surface area contributed by atoms with Crippen LogP contribution in [0.2, 0.25) is 0 Å². The normalized spacial score (nSPS) is 22.6. The van der Waals surface area contributed by atoms with Crippen LogP contribution in [-0.2, 0) is 14.3 Å². The summed E-state index contributed by atoms with van der Waals surface area (Å²) in [6.45, 7) is 5.00. The minimum atomic E-state index is -0.797. The zero-order valence-corrected chi connectivity index (χ0v) is 10.9. The molecule has 2 atom stereocenters. The van der Waals surface area contributed by atoms with E-state index in [-0.39, 0.29) is 18.8 Å². The Labute approximate surface area is 103 Å². The zero-order valence-electron chi connectivity index (χ0n) is 10.9. The molecule has 1 N–H and O–H groups in total. The van der Waals surface area contributed by atoms with Gasteiger partial charge in [0.25, 0.3) is 0 Å². The number of ether oxygens (including phenoxy) is 2. The van der Waals surface area contributed by atoms with Crippen molar-refractivity contribution in [1.29, 1.82) is 0 Å². The third-order valence-corrected chi connectivity index (χ3v) is 2.95. The van der Waals surface area contributed by atoms with Gasteiger partial charge in [-0.05, 0) is 38.0 Å². The van der Waals surface area contributed by atoms with Crippen LogP contribution in [0.4, 0.5) is 0 Å². The van der Waals surface area contributed by atoms with Gasteiger partial charge in [0.2, 0.25) is 0 Å². The maximum Gasteiger partial charge on any atom is 0.305 e. The molecule has 1 heterocycles. The number of carboxylic acids is 1. The molecule has 0 aromatic carbocycles. The van der Waals surface area contributed by atoms with Crippen molar-refractivity contribution < 1.29 is 19.4 Å². The summed E-state index contributed by atoms with van der Waals surface area (Å²) in [6.07, 6.45) is 4.53. The lowest BCUT2D eigenvalue weighted by Crippen LogP contribution is -2.29. The largest absolute Gasteiger partial charge is 0.481 e. The lowest BCUT2D eigenvalue weighted by atomic mass is 10.0. The summed E-state index contributed by atoms with van der Waals surface area (Å²) in [7, 11) is 0. The highest BCUT2D eigenvalue weighted by Gasteiger charge is 2.21. The van der Waals surface area contributed by atoms with E-state index in [9.17, 15) is 4.79 Å². The number of aliphatic carboxylic acids is 1. The number of carboxylic acid groups (broad SMARTS) is 1. The molecule has 0 radical (unpaired) electrons. The Morgan fingerprint density at radius 3 is 2.71 bits per heavy atom. The molecule has 0 amide bonds. The zero-order chi connectivity index (χ0) is 12.7. The van der Waals surface area contributed by atoms with Crippen LogP contribution in [0.15, 0.2) is 0 Å². The van der Waals surface area contributed by atoms with Crippen LogP contribution in [0.1, 0.15) is 52.4 Å². The fourth-order valence-corrected chi connectivity index (χ4v) is 1.97. The molecular weight excluding hydrogens is 220 g/mol. The molecule has 0 spiro atoms. The van der Waals surface area contributed by atoms with Crippen molar-refractivity contribution in [1.82, 2.24) is 0 Å². The molecule has 4 nitrogen and oxygen atoms in total. The smallest absolute Gasteiger partial charge is 0.305 e. The predicted molar refractivity (Wildman–Crippen MR) is 64.8 cm³/mol. The first-order valence-electron chi connectivity index (χ1n) is 6.56. The molecule has 0 aliphatic carbocycles. The maximum absolute atomic E-state index is 10.8. The molecular formula is C13H24O4. The summed E-state index contributed by atoms with van der Waals surface area (Å²) < 4.78 is 11.2. The van der Waals surface area contributed by atoms with Gasteiger partial charge < -0.3 is 14.6 Å². The van der Waals surface area contributed by atoms with Crippen molar-refractivity contribution >= 4 is 5.97 Å². The standard InChI is InChI=1S/C13H24O4/c1-10(2)6-7-11(9-12(14)15)17-13-5-3-4-8-16-13/h10-11,13H,3-9H2,1-2H3,(H,14,15). The van der Waals surface area contributed by atoms with Crippen molar-refractivity contribution in [3.63, 3.8) is 0 Å². The van der Waals surface area contributed by atoms with Crippen LogP contribution in [0.25, 0.3) is 0 Å². The first-order valence-corrected chi connectivity index (χ1v) is 6.56. The lowest BCUT2D eigenvalue weighted by molar-refractivity contribution is -0.193. The van der Waals surface area contributed by atoms with Gasteiger partial charge in [-0.15, -0.1) is 0 Å². The van der Waals surface area contributed by atoms with Crippen LogP contribution in [-0.4, -0.2) is 30.1 Å². The van der Waals surface area contributed by atoms with Gasteiger partial charge in [-0.25, -0.2) is 0 Å². The summed E-state index contributed by atoms with van der Waals surface area (Å²) in [5, 5.41) is 8.86. The van der Waals surface area contributed by atoms with E-state index in [1.807, 2.05) is 0 Å². The quantitative estimate of drug-likeness (QED) is 0.748. The summed E-state index contributed by atoms with van der Waals surface area (Å²) in [6, 6.07) is 0. The molecule has 100 valence electrons. The van der Waals surface area contributed by atoms with E-state index in [2.05, 4.69) is 13.8 Å². The van der Waals surface area contributed by atoms with Crippen molar-refractivity contribution in [2.45, 2.75) is 64.8 Å². The van der Waals surface area contributed by atoms with Gasteiger partial charge in [0.05, 0.1) is 12.5 Å². The Morgan fingerprint density at radius 2 is 2.18 bits per heavy atom. The minimum Gasteiger partial charge on any atom is -0.481 e. The Kier molecular flexibility index (Phi) is 6.52. The average molecular weight is 244 g/mol. The monoisotopic (exact) mass is 244 g/mol. The van der Waals surface area contributed by atoms with Crippen molar-refractivity contribution in [2.24, 2.45) is 5.92 Å². The van der Waals surface area contributed by atoms with E-state index in [4.69, 9.17) is 14.6 Å². The van der Waals surface area contributed by atoms with Crippen LogP contribution < -0.4 is 0 Å². The first kappa shape index (κ1) is 14.5. The van der Waals surface area contributed by atoms with Crippen LogP contribution >= 0.6 is 0 Å². The molecule has 1 saturated heterocycles. The summed E-state index contributed by atoms with van der Waals surface area (Å²) in [5.74, 6) is -0.225. The fraction of sp³-hybridized carbons (Fsp3) is 0.923. The molecule has 1 aliphatic rings. The Balaban J connectivity index is 2.35. The second-order valence-electron chi connectivity index (χ2n) is 5.12. The highest BCUT2D eigenvalue weighted by molar-refractivity contribution is 5.67. The van der Waals surface area contributed by atoms with Crippen molar-refractivity contribution in [2.75, 3.05) is 6.61 Å². The lowest BCUT2D eigenvalue weighted by Gasteiger charge is -2.27. The van der Waals surface area contributed by atoms with Crippen LogP contribution in [0, 0.1) is 5.92 Å². The molecule has 4 heteroatoms. The molecule has 1 aliphatic heterocycles. The number of hydrogen-bond donors (Lipinski definition) is 1. The summed E-state index contributed by atoms with van der Waals surface area (Å²) >= 11 is 0. The Bertz CT molecular complexity index is 221. The molecule has 17 heavy (non-hydrogen) atoms. The third kappa shape index (κ3) is 6.64. The number of hydrogen-bond acceptors (Lipinski definition) is 3. The number of rotatable bonds is 7. The minimum absolute atomic E-state index is 0.0760. The Hall–Kier alpha value is -0.610. The van der Waals surface area contributed by atoms with E-state index in [0.29, 0.717) is 5.92 Å². The second-order valence-corrected chi connectivity index (χ2v) is 5.12. The summed E-state index contributed by atoms with van der Waals surface area (Å²) in [5.41, 5.74) is 0. The maximum atomic E-state index is 10.8. The third-order valence-electron chi connectivity index (χ3n) is 2.95. The van der Waals surface area contributed by atoms with Gasteiger partial charge in [0, 0.05) is 6.61 Å². The highest BCUT2D eigenvalue weighted by atomic mass is 16.7. The Morgan fingerprint density at radius 1 is 1.41 bits per heavy atom. The van der Waals surface area contributed by atoms with Gasteiger partial charge in [-0.1, -0.05) is 13.8 Å². The van der Waals surface area contributed by atoms with Gasteiger partial charge in [0.15, 0.2) is 6.29 Å². The van der Waals surface area contributed by atoms with Gasteiger partial charge in [0.1, 0.15) is 0 Å². The number of carbonyl (C=O) groups is 1. The van der Waals surface area contributed by atoms with E-state index in [1.54, 1.807) is 0 Å². The predicted octanol–water partition coefficient (Wildman–Crippen LogP) is 2.81. The molecule has 2 unspecified atom stereocenters. The summed E-state index contributed by atoms with van der Waals surface area (Å²) in [4.78, 5) is 10.8. The van der Waals surface area contributed by atoms with E-state index >= 15 is 0 Å². The van der Waals surface area contributed by atoms with Crippen LogP contribution in [0.3, 0.4) is 0 Å². The van der Waals surface area contributed by atoms with Gasteiger partial charge in [-0.2, -0.15) is 0 Å². The molecule has 1 fully saturated rings. The molecule has 0 aromatic heterocycles. The van der Waals surface area contributed by atoms with Crippen molar-refractivity contribution in [3.05, 3.63) is 0 Å². The van der Waals surface area contributed by atoms with Gasteiger partial charge in [-0.3, -0.25) is 4.79 Å². The second kappa shape index (κ2) is 7.67. The first-order chi connectivity index (χ1) is 8.08. The van der Waals surface area contributed by atoms with Crippen LogP contribution in [0.5, 0.6) is 0 Å². The van der Waals surface area contributed by atoms with E-state index < -0.39 is 5.97 Å². The molecule has 1 rings (SSSR count). The molecule has 0 saturated carbocycles. The SMILES string of the molecule is CC(C)CCC(CC(=O)O)OC1CCCCO1.